The highest BCUT2D eigenvalue weighted by atomic mass is 35.5. The largest absolute Gasteiger partial charge is 0.323 e. The van der Waals surface area contributed by atoms with Crippen LogP contribution >= 0.6 is 11.6 Å². The zero-order valence-corrected chi connectivity index (χ0v) is 17.2. The molecule has 4 rings (SSSR count). The third-order valence-corrected chi connectivity index (χ3v) is 4.65. The Morgan fingerprint density at radius 3 is 2.59 bits per heavy atom. The molecule has 8 nitrogen and oxygen atoms in total. The Kier molecular flexibility index (Phi) is 6.09. The molecular formula is C22H16ClFN6O2. The smallest absolute Gasteiger partial charge is 0.322 e. The Hall–Kier alpha value is -4.24. The highest BCUT2D eigenvalue weighted by Gasteiger charge is 2.11. The maximum Gasteiger partial charge on any atom is 0.323 e. The molecule has 0 fully saturated rings. The second kappa shape index (κ2) is 9.27. The maximum atomic E-state index is 13.2. The number of carbonyl (C=O) groups is 2. The normalized spacial score (nSPS) is 10.4. The molecule has 160 valence electrons. The number of aromatic nitrogens is 3. The van der Waals surface area contributed by atoms with Crippen molar-refractivity contribution in [1.82, 2.24) is 14.8 Å². The van der Waals surface area contributed by atoms with E-state index in [0.29, 0.717) is 33.3 Å². The number of rotatable bonds is 5. The number of urea groups is 1. The molecule has 10 heteroatoms. The van der Waals surface area contributed by atoms with Gasteiger partial charge < -0.3 is 16.0 Å². The standard InChI is InChI=1S/C22H16ClFN6O2/c23-18-6-1-2-7-19(18)29-22(32)28-16-12-26-30(13-16)17-5-3-4-14(10-17)21(31)27-15-8-9-25-20(24)11-15/h1-13H,(H,25,27,31)(H2,28,29,32). The van der Waals surface area contributed by atoms with Gasteiger partial charge in [-0.25, -0.2) is 14.5 Å². The Balaban J connectivity index is 1.44. The van der Waals surface area contributed by atoms with Gasteiger partial charge in [-0.05, 0) is 36.4 Å². The molecule has 0 atom stereocenters. The summed E-state index contributed by atoms with van der Waals surface area (Å²) >= 11 is 6.04. The molecule has 3 N–H and O–H groups in total. The zero-order chi connectivity index (χ0) is 22.5. The number of carbonyl (C=O) groups excluding carboxylic acids is 2. The lowest BCUT2D eigenvalue weighted by Gasteiger charge is -2.08. The minimum absolute atomic E-state index is 0.294. The highest BCUT2D eigenvalue weighted by Crippen LogP contribution is 2.21. The van der Waals surface area contributed by atoms with Crippen molar-refractivity contribution in [2.45, 2.75) is 0 Å². The Bertz CT molecular complexity index is 1290. The molecule has 2 aromatic carbocycles. The monoisotopic (exact) mass is 450 g/mol. The van der Waals surface area contributed by atoms with Crippen LogP contribution in [0.15, 0.2) is 79.3 Å². The summed E-state index contributed by atoms with van der Waals surface area (Å²) in [6.45, 7) is 0. The lowest BCUT2D eigenvalue weighted by Crippen LogP contribution is -2.19. The number of anilines is 3. The molecule has 2 aromatic heterocycles. The van der Waals surface area contributed by atoms with E-state index in [1.54, 1.807) is 54.7 Å². The van der Waals surface area contributed by atoms with Crippen LogP contribution in [-0.4, -0.2) is 26.7 Å². The Morgan fingerprint density at radius 1 is 0.938 bits per heavy atom. The lowest BCUT2D eigenvalue weighted by molar-refractivity contribution is 0.102. The van der Waals surface area contributed by atoms with Gasteiger partial charge in [-0.3, -0.25) is 4.79 Å². The third kappa shape index (κ3) is 5.08. The van der Waals surface area contributed by atoms with Gasteiger partial charge in [-0.2, -0.15) is 9.49 Å². The fourth-order valence-corrected chi connectivity index (χ4v) is 3.03. The Labute approximate surface area is 187 Å². The van der Waals surface area contributed by atoms with Gasteiger partial charge in [0.25, 0.3) is 5.91 Å². The number of nitrogens with zero attached hydrogens (tertiary/aromatic N) is 3. The Morgan fingerprint density at radius 2 is 1.78 bits per heavy atom. The molecule has 3 amide bonds. The first kappa shape index (κ1) is 21.0. The van der Waals surface area contributed by atoms with Crippen LogP contribution in [-0.2, 0) is 0 Å². The van der Waals surface area contributed by atoms with Crippen LogP contribution in [0.2, 0.25) is 5.02 Å². The van der Waals surface area contributed by atoms with E-state index >= 15 is 0 Å². The van der Waals surface area contributed by atoms with Crippen molar-refractivity contribution < 1.29 is 14.0 Å². The first-order valence-electron chi connectivity index (χ1n) is 9.38. The summed E-state index contributed by atoms with van der Waals surface area (Å²) in [5.74, 6) is -1.10. The molecule has 0 saturated carbocycles. The summed E-state index contributed by atoms with van der Waals surface area (Å²) < 4.78 is 14.7. The van der Waals surface area contributed by atoms with Crippen LogP contribution < -0.4 is 16.0 Å². The lowest BCUT2D eigenvalue weighted by atomic mass is 10.2. The highest BCUT2D eigenvalue weighted by molar-refractivity contribution is 6.33. The van der Waals surface area contributed by atoms with Gasteiger partial charge in [0.05, 0.1) is 34.5 Å². The number of amides is 3. The van der Waals surface area contributed by atoms with Crippen molar-refractivity contribution in [2.24, 2.45) is 0 Å². The number of halogens is 2. The van der Waals surface area contributed by atoms with Gasteiger partial charge in [-0.1, -0.05) is 29.8 Å². The minimum atomic E-state index is -0.688. The van der Waals surface area contributed by atoms with E-state index in [1.807, 2.05) is 0 Å². The molecule has 0 aliphatic carbocycles. The summed E-state index contributed by atoms with van der Waals surface area (Å²) in [5.41, 5.74) is 2.16. The van der Waals surface area contributed by atoms with Crippen LogP contribution in [0, 0.1) is 5.95 Å². The van der Waals surface area contributed by atoms with E-state index in [2.05, 4.69) is 26.0 Å². The van der Waals surface area contributed by atoms with Crippen LogP contribution in [0.4, 0.5) is 26.2 Å². The molecular weight excluding hydrogens is 435 g/mol. The van der Waals surface area contributed by atoms with E-state index in [1.165, 1.54) is 23.1 Å². The number of hydrogen-bond donors (Lipinski definition) is 3. The average Bonchev–Trinajstić information content (AvgIpc) is 3.24. The molecule has 0 aliphatic heterocycles. The van der Waals surface area contributed by atoms with Crippen molar-refractivity contribution >= 4 is 40.6 Å². The molecule has 4 aromatic rings. The summed E-state index contributed by atoms with van der Waals surface area (Å²) in [7, 11) is 0. The van der Waals surface area contributed by atoms with E-state index in [-0.39, 0.29) is 0 Å². The molecule has 2 heterocycles. The first-order chi connectivity index (χ1) is 15.5. The SMILES string of the molecule is O=C(Nc1cnn(-c2cccc(C(=O)Nc3ccnc(F)c3)c2)c1)Nc1ccccc1Cl. The third-order valence-electron chi connectivity index (χ3n) is 4.32. The predicted octanol–water partition coefficient (Wildman–Crippen LogP) is 4.96. The fourth-order valence-electron chi connectivity index (χ4n) is 2.85. The number of benzene rings is 2. The molecule has 0 bridgehead atoms. The van der Waals surface area contributed by atoms with Crippen molar-refractivity contribution in [3.8, 4) is 5.69 Å². The van der Waals surface area contributed by atoms with E-state index < -0.39 is 17.9 Å². The molecule has 0 radical (unpaired) electrons. The summed E-state index contributed by atoms with van der Waals surface area (Å²) in [4.78, 5) is 28.2. The first-order valence-corrected chi connectivity index (χ1v) is 9.76. The zero-order valence-electron chi connectivity index (χ0n) is 16.4. The number of para-hydroxylation sites is 1. The van der Waals surface area contributed by atoms with Crippen molar-refractivity contribution in [1.29, 1.82) is 0 Å². The maximum absolute atomic E-state index is 13.2. The molecule has 0 spiro atoms. The predicted molar refractivity (Wildman–Crippen MR) is 120 cm³/mol. The summed E-state index contributed by atoms with van der Waals surface area (Å²) in [6, 6.07) is 15.7. The van der Waals surface area contributed by atoms with Crippen LogP contribution in [0.1, 0.15) is 10.4 Å². The van der Waals surface area contributed by atoms with Gasteiger partial charge >= 0.3 is 6.03 Å². The van der Waals surface area contributed by atoms with E-state index in [4.69, 9.17) is 11.6 Å². The number of hydrogen-bond acceptors (Lipinski definition) is 4. The van der Waals surface area contributed by atoms with Gasteiger partial charge in [0.2, 0.25) is 5.95 Å². The topological polar surface area (TPSA) is 101 Å². The summed E-state index contributed by atoms with van der Waals surface area (Å²) in [6.07, 6.45) is 4.33. The number of pyridine rings is 1. The van der Waals surface area contributed by atoms with Gasteiger partial charge in [0.15, 0.2) is 0 Å². The quantitative estimate of drug-likeness (QED) is 0.374. The van der Waals surface area contributed by atoms with Crippen molar-refractivity contribution in [3.05, 3.63) is 95.8 Å². The van der Waals surface area contributed by atoms with Crippen molar-refractivity contribution in [2.75, 3.05) is 16.0 Å². The van der Waals surface area contributed by atoms with Gasteiger partial charge in [0.1, 0.15) is 0 Å². The molecule has 0 unspecified atom stereocenters. The van der Waals surface area contributed by atoms with Gasteiger partial charge in [-0.15, -0.1) is 0 Å². The van der Waals surface area contributed by atoms with E-state index in [0.717, 1.165) is 6.07 Å². The fraction of sp³-hybridized carbons (Fsp3) is 0. The number of nitrogens with one attached hydrogen (secondary N) is 3. The second-order valence-electron chi connectivity index (χ2n) is 6.60. The summed E-state index contributed by atoms with van der Waals surface area (Å²) in [5, 5.41) is 12.6. The van der Waals surface area contributed by atoms with Crippen LogP contribution in [0.5, 0.6) is 0 Å². The van der Waals surface area contributed by atoms with Crippen LogP contribution in [0.25, 0.3) is 5.69 Å². The van der Waals surface area contributed by atoms with Gasteiger partial charge in [0, 0.05) is 23.5 Å². The van der Waals surface area contributed by atoms with E-state index in [9.17, 15) is 14.0 Å². The molecule has 0 saturated heterocycles. The average molecular weight is 451 g/mol. The van der Waals surface area contributed by atoms with Crippen LogP contribution in [0.3, 0.4) is 0 Å². The second-order valence-corrected chi connectivity index (χ2v) is 7.01. The minimum Gasteiger partial charge on any atom is -0.322 e. The molecule has 0 aliphatic rings. The van der Waals surface area contributed by atoms with Crippen molar-refractivity contribution in [3.63, 3.8) is 0 Å². The molecule has 32 heavy (non-hydrogen) atoms.